The molecular formula is C20H24ClN2O2-. The van der Waals surface area contributed by atoms with Gasteiger partial charge in [-0.25, -0.2) is 0 Å². The number of likely N-dealkylation sites (tertiary alicyclic amines) is 1. The van der Waals surface area contributed by atoms with Crippen LogP contribution in [-0.4, -0.2) is 30.4 Å². The van der Waals surface area contributed by atoms with E-state index >= 15 is 0 Å². The van der Waals surface area contributed by atoms with Gasteiger partial charge in [0.15, 0.2) is 0 Å². The molecule has 3 rings (SSSR count). The van der Waals surface area contributed by atoms with E-state index in [0.717, 1.165) is 30.3 Å². The van der Waals surface area contributed by atoms with Crippen LogP contribution in [0, 0.1) is 0 Å². The number of rotatable bonds is 5. The Bertz CT molecular complexity index is 639. The second-order valence-electron chi connectivity index (χ2n) is 6.18. The third-order valence-corrected chi connectivity index (χ3v) is 4.18. The number of para-hydroxylation sites is 1. The maximum absolute atomic E-state index is 12.2. The van der Waals surface area contributed by atoms with Gasteiger partial charge < -0.3 is 22.5 Å². The van der Waals surface area contributed by atoms with Crippen LogP contribution >= 0.6 is 0 Å². The van der Waals surface area contributed by atoms with Crippen molar-refractivity contribution in [2.45, 2.75) is 25.7 Å². The largest absolute Gasteiger partial charge is 1.00 e. The molecule has 4 nitrogen and oxygen atoms in total. The second kappa shape index (κ2) is 10.1. The number of halogens is 1. The molecule has 0 saturated carbocycles. The molecule has 1 N–H and O–H groups in total. The number of hydrogen-bond acceptors (Lipinski definition) is 3. The lowest BCUT2D eigenvalue weighted by molar-refractivity contribution is -0.117. The molecule has 1 aliphatic rings. The number of nitrogens with one attached hydrogen (secondary N) is 1. The van der Waals surface area contributed by atoms with Gasteiger partial charge in [0.25, 0.3) is 0 Å². The molecule has 25 heavy (non-hydrogen) atoms. The van der Waals surface area contributed by atoms with Crippen molar-refractivity contribution in [2.24, 2.45) is 0 Å². The van der Waals surface area contributed by atoms with Crippen molar-refractivity contribution in [3.63, 3.8) is 0 Å². The molecule has 0 bridgehead atoms. The molecular weight excluding hydrogens is 336 g/mol. The van der Waals surface area contributed by atoms with Gasteiger partial charge in [-0.3, -0.25) is 9.69 Å². The Morgan fingerprint density at radius 3 is 2.12 bits per heavy atom. The minimum atomic E-state index is 0. The highest BCUT2D eigenvalue weighted by Gasteiger charge is 2.13. The Balaban J connectivity index is 0.00000225. The molecule has 1 aliphatic heterocycles. The highest BCUT2D eigenvalue weighted by Crippen LogP contribution is 2.22. The molecule has 0 aliphatic carbocycles. The van der Waals surface area contributed by atoms with E-state index < -0.39 is 0 Å². The van der Waals surface area contributed by atoms with Crippen LogP contribution in [0.2, 0.25) is 0 Å². The van der Waals surface area contributed by atoms with E-state index in [0.29, 0.717) is 6.54 Å². The summed E-state index contributed by atoms with van der Waals surface area (Å²) in [6.07, 6.45) is 4.94. The first-order chi connectivity index (χ1) is 11.8. The van der Waals surface area contributed by atoms with Crippen molar-refractivity contribution in [1.29, 1.82) is 0 Å². The lowest BCUT2D eigenvalue weighted by Crippen LogP contribution is -3.00. The van der Waals surface area contributed by atoms with Gasteiger partial charge >= 0.3 is 0 Å². The van der Waals surface area contributed by atoms with Gasteiger partial charge in [0, 0.05) is 5.69 Å². The van der Waals surface area contributed by atoms with E-state index in [1.807, 2.05) is 54.6 Å². The van der Waals surface area contributed by atoms with Crippen molar-refractivity contribution in [3.8, 4) is 11.5 Å². The molecule has 0 aromatic heterocycles. The van der Waals surface area contributed by atoms with Gasteiger partial charge in [-0.1, -0.05) is 31.0 Å². The molecule has 0 spiro atoms. The average Bonchev–Trinajstić information content (AvgIpc) is 2.86. The minimum Gasteiger partial charge on any atom is -1.00 e. The van der Waals surface area contributed by atoms with Crippen molar-refractivity contribution in [2.75, 3.05) is 25.0 Å². The number of carbonyl (C=O) groups excluding carboxylic acids is 1. The summed E-state index contributed by atoms with van der Waals surface area (Å²) < 4.78 is 5.75. The summed E-state index contributed by atoms with van der Waals surface area (Å²) in [5.41, 5.74) is 0.801. The molecule has 2 aromatic rings. The molecule has 1 fully saturated rings. The molecule has 0 unspecified atom stereocenters. The van der Waals surface area contributed by atoms with E-state index in [-0.39, 0.29) is 18.3 Å². The molecule has 1 heterocycles. The van der Waals surface area contributed by atoms with Crippen molar-refractivity contribution >= 4 is 11.6 Å². The fraction of sp³-hybridized carbons (Fsp3) is 0.350. The fourth-order valence-corrected chi connectivity index (χ4v) is 2.93. The van der Waals surface area contributed by atoms with Crippen LogP contribution in [0.5, 0.6) is 11.5 Å². The minimum absolute atomic E-state index is 0. The first-order valence-electron chi connectivity index (χ1n) is 8.65. The summed E-state index contributed by atoms with van der Waals surface area (Å²) in [5, 5.41) is 2.96. The first kappa shape index (κ1) is 19.3. The normalized spacial score (nSPS) is 14.9. The zero-order valence-electron chi connectivity index (χ0n) is 14.3. The number of hydrogen-bond donors (Lipinski definition) is 1. The van der Waals surface area contributed by atoms with Crippen LogP contribution < -0.4 is 22.5 Å². The van der Waals surface area contributed by atoms with E-state index in [9.17, 15) is 4.79 Å². The van der Waals surface area contributed by atoms with E-state index in [4.69, 9.17) is 4.74 Å². The smallest absolute Gasteiger partial charge is 0.238 e. The lowest BCUT2D eigenvalue weighted by atomic mass is 10.2. The Morgan fingerprint density at radius 2 is 1.48 bits per heavy atom. The monoisotopic (exact) mass is 359 g/mol. The van der Waals surface area contributed by atoms with Crippen LogP contribution in [0.15, 0.2) is 54.6 Å². The van der Waals surface area contributed by atoms with Gasteiger partial charge in [0.05, 0.1) is 6.54 Å². The molecule has 2 aromatic carbocycles. The Hall–Kier alpha value is -2.04. The number of benzene rings is 2. The van der Waals surface area contributed by atoms with E-state index in [2.05, 4.69) is 10.2 Å². The summed E-state index contributed by atoms with van der Waals surface area (Å²) in [5.74, 6) is 1.61. The van der Waals surface area contributed by atoms with Gasteiger partial charge in [-0.05, 0) is 62.3 Å². The number of carbonyl (C=O) groups is 1. The maximum atomic E-state index is 12.2. The van der Waals surface area contributed by atoms with Crippen LogP contribution in [0.1, 0.15) is 25.7 Å². The number of ether oxygens (including phenoxy) is 1. The van der Waals surface area contributed by atoms with Crippen molar-refractivity contribution in [1.82, 2.24) is 4.90 Å². The van der Waals surface area contributed by atoms with Crippen molar-refractivity contribution in [3.05, 3.63) is 54.6 Å². The molecule has 134 valence electrons. The first-order valence-corrected chi connectivity index (χ1v) is 8.65. The third-order valence-electron chi connectivity index (χ3n) is 4.18. The van der Waals surface area contributed by atoms with Gasteiger partial charge in [-0.15, -0.1) is 0 Å². The molecule has 0 atom stereocenters. The van der Waals surface area contributed by atoms with Crippen LogP contribution in [-0.2, 0) is 4.79 Å². The number of amides is 1. The highest BCUT2D eigenvalue weighted by atomic mass is 35.5. The predicted octanol–water partition coefficient (Wildman–Crippen LogP) is 1.30. The SMILES string of the molecule is O=C(CN1CCCCCC1)Nc1ccc(Oc2ccccc2)cc1.[Cl-]. The number of anilines is 1. The third kappa shape index (κ3) is 6.40. The van der Waals surface area contributed by atoms with Gasteiger partial charge in [0.2, 0.25) is 5.91 Å². The standard InChI is InChI=1S/C20H24N2O2.ClH/c23-20(16-22-14-6-1-2-7-15-22)21-17-10-12-19(13-11-17)24-18-8-4-3-5-9-18;/h3-5,8-13H,1-2,6-7,14-16H2,(H,21,23);1H/p-1. The zero-order chi connectivity index (χ0) is 16.6. The maximum Gasteiger partial charge on any atom is 0.238 e. The molecule has 5 heteroatoms. The van der Waals surface area contributed by atoms with Gasteiger partial charge in [-0.2, -0.15) is 0 Å². The van der Waals surface area contributed by atoms with Crippen LogP contribution in [0.3, 0.4) is 0 Å². The average molecular weight is 360 g/mol. The summed E-state index contributed by atoms with van der Waals surface area (Å²) in [4.78, 5) is 14.4. The molecule has 1 saturated heterocycles. The number of nitrogens with zero attached hydrogens (tertiary/aromatic N) is 1. The van der Waals surface area contributed by atoms with Crippen molar-refractivity contribution < 1.29 is 21.9 Å². The van der Waals surface area contributed by atoms with Crippen LogP contribution in [0.25, 0.3) is 0 Å². The summed E-state index contributed by atoms with van der Waals surface area (Å²) >= 11 is 0. The Morgan fingerprint density at radius 1 is 0.880 bits per heavy atom. The topological polar surface area (TPSA) is 41.6 Å². The lowest BCUT2D eigenvalue weighted by Gasteiger charge is -2.19. The zero-order valence-corrected chi connectivity index (χ0v) is 15.0. The summed E-state index contributed by atoms with van der Waals surface area (Å²) in [6.45, 7) is 2.52. The summed E-state index contributed by atoms with van der Waals surface area (Å²) in [7, 11) is 0. The summed E-state index contributed by atoms with van der Waals surface area (Å²) in [6, 6.07) is 17.1. The Kier molecular flexibility index (Phi) is 7.76. The Labute approximate surface area is 155 Å². The quantitative estimate of drug-likeness (QED) is 0.875. The fourth-order valence-electron chi connectivity index (χ4n) is 2.93. The van der Waals surface area contributed by atoms with Crippen LogP contribution in [0.4, 0.5) is 5.69 Å². The van der Waals surface area contributed by atoms with E-state index in [1.165, 1.54) is 25.7 Å². The van der Waals surface area contributed by atoms with E-state index in [1.54, 1.807) is 0 Å². The second-order valence-corrected chi connectivity index (χ2v) is 6.18. The molecule has 1 amide bonds. The van der Waals surface area contributed by atoms with Gasteiger partial charge in [0.1, 0.15) is 11.5 Å². The molecule has 0 radical (unpaired) electrons. The highest BCUT2D eigenvalue weighted by molar-refractivity contribution is 5.92. The predicted molar refractivity (Wildman–Crippen MR) is 96.5 cm³/mol.